The molecule has 0 fully saturated rings. The lowest BCUT2D eigenvalue weighted by molar-refractivity contribution is -0.131. The van der Waals surface area contributed by atoms with E-state index in [0.29, 0.717) is 6.54 Å². The number of hydrogen-bond donors (Lipinski definition) is 0. The summed E-state index contributed by atoms with van der Waals surface area (Å²) in [5.74, 6) is 0.183. The molecule has 0 unspecified atom stereocenters. The lowest BCUT2D eigenvalue weighted by atomic mass is 10.4. The molecular formula is C11H19N3OS. The molecule has 0 bridgehead atoms. The van der Waals surface area contributed by atoms with Crippen molar-refractivity contribution < 1.29 is 4.79 Å². The minimum absolute atomic E-state index is 0.183. The van der Waals surface area contributed by atoms with Gasteiger partial charge in [-0.3, -0.25) is 9.69 Å². The maximum absolute atomic E-state index is 11.8. The number of thiazole rings is 1. The van der Waals surface area contributed by atoms with Crippen molar-refractivity contribution in [2.24, 2.45) is 0 Å². The molecule has 0 aromatic carbocycles. The van der Waals surface area contributed by atoms with Crippen LogP contribution < -0.4 is 0 Å². The van der Waals surface area contributed by atoms with Crippen molar-refractivity contribution in [3.63, 3.8) is 0 Å². The molecule has 1 aromatic rings. The lowest BCUT2D eigenvalue weighted by Crippen LogP contribution is -2.38. The summed E-state index contributed by atoms with van der Waals surface area (Å²) in [4.78, 5) is 19.9. The predicted octanol–water partition coefficient (Wildman–Crippen LogP) is 1.44. The molecule has 5 heteroatoms. The van der Waals surface area contributed by atoms with E-state index in [1.54, 1.807) is 11.3 Å². The number of hydrogen-bond acceptors (Lipinski definition) is 4. The van der Waals surface area contributed by atoms with Crippen molar-refractivity contribution in [2.75, 3.05) is 26.7 Å². The molecule has 0 saturated heterocycles. The Balaban J connectivity index is 2.39. The highest BCUT2D eigenvalue weighted by atomic mass is 32.1. The van der Waals surface area contributed by atoms with Gasteiger partial charge >= 0.3 is 0 Å². The van der Waals surface area contributed by atoms with Crippen LogP contribution in [-0.4, -0.2) is 47.4 Å². The molecule has 1 rings (SSSR count). The zero-order chi connectivity index (χ0) is 12.0. The SMILES string of the molecule is CCN(CC)C(=O)CN(C)Cc1cscn1. The van der Waals surface area contributed by atoms with E-state index in [1.165, 1.54) is 0 Å². The Morgan fingerprint density at radius 1 is 1.44 bits per heavy atom. The van der Waals surface area contributed by atoms with Crippen LogP contribution in [0.2, 0.25) is 0 Å². The Kier molecular flexibility index (Phi) is 5.42. The molecule has 0 aliphatic rings. The summed E-state index contributed by atoms with van der Waals surface area (Å²) >= 11 is 1.58. The first-order valence-corrected chi connectivity index (χ1v) is 6.45. The summed E-state index contributed by atoms with van der Waals surface area (Å²) in [7, 11) is 1.95. The highest BCUT2D eigenvalue weighted by Crippen LogP contribution is 2.04. The lowest BCUT2D eigenvalue weighted by Gasteiger charge is -2.22. The third-order valence-corrected chi connectivity index (χ3v) is 3.07. The topological polar surface area (TPSA) is 36.4 Å². The molecule has 0 N–H and O–H groups in total. The fraction of sp³-hybridized carbons (Fsp3) is 0.636. The zero-order valence-corrected chi connectivity index (χ0v) is 11.0. The summed E-state index contributed by atoms with van der Waals surface area (Å²) in [5, 5.41) is 2.01. The predicted molar refractivity (Wildman–Crippen MR) is 66.4 cm³/mol. The van der Waals surface area contributed by atoms with E-state index in [1.807, 2.05) is 41.6 Å². The number of rotatable bonds is 6. The van der Waals surface area contributed by atoms with Crippen molar-refractivity contribution in [3.8, 4) is 0 Å². The number of aromatic nitrogens is 1. The Bertz CT molecular complexity index is 309. The van der Waals surface area contributed by atoms with E-state index in [-0.39, 0.29) is 5.91 Å². The van der Waals surface area contributed by atoms with E-state index in [4.69, 9.17) is 0 Å². The fourth-order valence-corrected chi connectivity index (χ4v) is 2.10. The van der Waals surface area contributed by atoms with Crippen molar-refractivity contribution in [3.05, 3.63) is 16.6 Å². The molecule has 0 aliphatic heterocycles. The molecule has 1 heterocycles. The second-order valence-electron chi connectivity index (χ2n) is 3.72. The molecule has 4 nitrogen and oxygen atoms in total. The van der Waals surface area contributed by atoms with Gasteiger partial charge in [0, 0.05) is 25.0 Å². The van der Waals surface area contributed by atoms with Gasteiger partial charge in [0.05, 0.1) is 17.7 Å². The van der Waals surface area contributed by atoms with E-state index in [0.717, 1.165) is 25.3 Å². The number of amides is 1. The van der Waals surface area contributed by atoms with E-state index >= 15 is 0 Å². The van der Waals surface area contributed by atoms with Gasteiger partial charge < -0.3 is 4.90 Å². The van der Waals surface area contributed by atoms with Gasteiger partial charge in [0.1, 0.15) is 0 Å². The van der Waals surface area contributed by atoms with Crippen LogP contribution >= 0.6 is 11.3 Å². The highest BCUT2D eigenvalue weighted by molar-refractivity contribution is 7.07. The minimum atomic E-state index is 0.183. The van der Waals surface area contributed by atoms with Crippen LogP contribution in [0.1, 0.15) is 19.5 Å². The highest BCUT2D eigenvalue weighted by Gasteiger charge is 2.12. The molecule has 0 radical (unpaired) electrons. The minimum Gasteiger partial charge on any atom is -0.342 e. The summed E-state index contributed by atoms with van der Waals surface area (Å²) in [6, 6.07) is 0. The van der Waals surface area contributed by atoms with Gasteiger partial charge in [0.15, 0.2) is 0 Å². The second-order valence-corrected chi connectivity index (χ2v) is 4.44. The second kappa shape index (κ2) is 6.60. The van der Waals surface area contributed by atoms with Crippen molar-refractivity contribution in [1.29, 1.82) is 0 Å². The quantitative estimate of drug-likeness (QED) is 0.756. The van der Waals surface area contributed by atoms with Gasteiger partial charge in [-0.05, 0) is 20.9 Å². The first-order valence-electron chi connectivity index (χ1n) is 5.50. The van der Waals surface area contributed by atoms with E-state index < -0.39 is 0 Å². The van der Waals surface area contributed by atoms with Gasteiger partial charge in [-0.25, -0.2) is 4.98 Å². The third kappa shape index (κ3) is 3.90. The van der Waals surface area contributed by atoms with Crippen LogP contribution in [0.15, 0.2) is 10.9 Å². The molecule has 16 heavy (non-hydrogen) atoms. The van der Waals surface area contributed by atoms with Crippen molar-refractivity contribution in [2.45, 2.75) is 20.4 Å². The first kappa shape index (κ1) is 13.1. The standard InChI is InChI=1S/C11H19N3OS/c1-4-14(5-2)11(15)7-13(3)6-10-8-16-9-12-10/h8-9H,4-7H2,1-3H3. The maximum atomic E-state index is 11.8. The van der Waals surface area contributed by atoms with Crippen molar-refractivity contribution in [1.82, 2.24) is 14.8 Å². The number of carbonyl (C=O) groups is 1. The first-order chi connectivity index (χ1) is 7.67. The maximum Gasteiger partial charge on any atom is 0.236 e. The molecule has 1 amide bonds. The summed E-state index contributed by atoms with van der Waals surface area (Å²) < 4.78 is 0. The fourth-order valence-electron chi connectivity index (χ4n) is 1.56. The van der Waals surface area contributed by atoms with Gasteiger partial charge in [-0.15, -0.1) is 11.3 Å². The van der Waals surface area contributed by atoms with Gasteiger partial charge in [-0.2, -0.15) is 0 Å². The zero-order valence-electron chi connectivity index (χ0n) is 10.1. The number of nitrogens with zero attached hydrogens (tertiary/aromatic N) is 3. The molecule has 0 aliphatic carbocycles. The smallest absolute Gasteiger partial charge is 0.236 e. The largest absolute Gasteiger partial charge is 0.342 e. The third-order valence-electron chi connectivity index (χ3n) is 2.44. The Morgan fingerprint density at radius 2 is 2.12 bits per heavy atom. The average Bonchev–Trinajstić information content (AvgIpc) is 2.71. The Labute approximate surface area is 101 Å². The van der Waals surface area contributed by atoms with Crippen LogP contribution in [0.3, 0.4) is 0 Å². The molecule has 1 aromatic heterocycles. The Hall–Kier alpha value is -0.940. The molecular weight excluding hydrogens is 222 g/mol. The molecule has 0 atom stereocenters. The molecule has 0 spiro atoms. The van der Waals surface area contributed by atoms with Gasteiger partial charge in [-0.1, -0.05) is 0 Å². The number of likely N-dealkylation sites (N-methyl/N-ethyl adjacent to an activating group) is 2. The van der Waals surface area contributed by atoms with E-state index in [2.05, 4.69) is 4.98 Å². The summed E-state index contributed by atoms with van der Waals surface area (Å²) in [6.07, 6.45) is 0. The van der Waals surface area contributed by atoms with Gasteiger partial charge in [0.2, 0.25) is 5.91 Å². The summed E-state index contributed by atoms with van der Waals surface area (Å²) in [5.41, 5.74) is 2.84. The normalized spacial score (nSPS) is 10.8. The Morgan fingerprint density at radius 3 is 2.62 bits per heavy atom. The monoisotopic (exact) mass is 241 g/mol. The summed E-state index contributed by atoms with van der Waals surface area (Å²) in [6.45, 7) is 6.75. The van der Waals surface area contributed by atoms with Crippen LogP contribution in [0.25, 0.3) is 0 Å². The van der Waals surface area contributed by atoms with Crippen LogP contribution in [0, 0.1) is 0 Å². The van der Waals surface area contributed by atoms with Crippen molar-refractivity contribution >= 4 is 17.2 Å². The van der Waals surface area contributed by atoms with Gasteiger partial charge in [0.25, 0.3) is 0 Å². The van der Waals surface area contributed by atoms with Crippen LogP contribution in [0.4, 0.5) is 0 Å². The molecule has 90 valence electrons. The number of carbonyl (C=O) groups excluding carboxylic acids is 1. The van der Waals surface area contributed by atoms with E-state index in [9.17, 15) is 4.79 Å². The van der Waals surface area contributed by atoms with Crippen LogP contribution in [0.5, 0.6) is 0 Å². The van der Waals surface area contributed by atoms with Crippen LogP contribution in [-0.2, 0) is 11.3 Å². The average molecular weight is 241 g/mol. The molecule has 0 saturated carbocycles.